The minimum Gasteiger partial charge on any atom is -0.444 e. The number of nitrogens with one attached hydrogen (secondary N) is 1. The summed E-state index contributed by atoms with van der Waals surface area (Å²) in [4.78, 5) is 53.9. The summed E-state index contributed by atoms with van der Waals surface area (Å²) in [5, 5.41) is 5.95. The van der Waals surface area contributed by atoms with E-state index in [-0.39, 0.29) is 12.2 Å². The number of anilines is 2. The average Bonchev–Trinajstić information content (AvgIpc) is 3.78. The predicted molar refractivity (Wildman–Crippen MR) is 209 cm³/mol. The van der Waals surface area contributed by atoms with Crippen LogP contribution in [0.4, 0.5) is 21.1 Å². The topological polar surface area (TPSA) is 135 Å². The molecule has 12 nitrogen and oxygen atoms in total. The molecular weight excluding hydrogens is 788 g/mol. The standard InChI is InChI=1S/C22H22BrN5O2S.C14H16ClN3O2S/c1-22(2,3)30-21(29)28-5-4-14-17(10-28)31-20-18(14)19(25-11-26-20)27-16-7-13-9-24-8-12(13)6-15(16)23;1-14(2,3)20-13(19)18-5-4-8-9(6-18)21-12-10(8)11(15)16-7-17-12/h6-7,9,11H,4-5,8,10H2,1-3H3,(H,25,26,27);7H,4-6H2,1-3H3. The number of nitrogens with zero attached hydrogens (tertiary/aromatic N) is 7. The van der Waals surface area contributed by atoms with E-state index in [1.54, 1.807) is 38.8 Å². The summed E-state index contributed by atoms with van der Waals surface area (Å²) >= 11 is 13.0. The second kappa shape index (κ2) is 14.1. The fourth-order valence-electron chi connectivity index (χ4n) is 6.23. The van der Waals surface area contributed by atoms with Gasteiger partial charge in [0.15, 0.2) is 0 Å². The molecule has 3 aliphatic rings. The van der Waals surface area contributed by atoms with Gasteiger partial charge in [0.1, 0.15) is 44.5 Å². The Hall–Kier alpha value is -3.92. The third kappa shape index (κ3) is 7.73. The number of thiophene rings is 2. The van der Waals surface area contributed by atoms with Gasteiger partial charge in [0, 0.05) is 33.5 Å². The highest BCUT2D eigenvalue weighted by atomic mass is 79.9. The second-order valence-corrected chi connectivity index (χ2v) is 18.1. The molecule has 0 atom stereocenters. The lowest BCUT2D eigenvalue weighted by molar-refractivity contribution is 0.0217. The van der Waals surface area contributed by atoms with E-state index in [1.165, 1.54) is 23.0 Å². The van der Waals surface area contributed by atoms with Gasteiger partial charge in [-0.1, -0.05) is 11.6 Å². The van der Waals surface area contributed by atoms with E-state index in [1.807, 2.05) is 47.8 Å². The number of ether oxygens (including phenoxy) is 2. The van der Waals surface area contributed by atoms with Crippen molar-refractivity contribution in [2.75, 3.05) is 18.4 Å². The number of benzene rings is 1. The number of hydrogen-bond acceptors (Lipinski definition) is 12. The fourth-order valence-corrected chi connectivity index (χ4v) is 9.43. The van der Waals surface area contributed by atoms with Crippen LogP contribution in [0.15, 0.2) is 34.3 Å². The Kier molecular flexibility index (Phi) is 9.91. The molecule has 5 aromatic rings. The first-order valence-electron chi connectivity index (χ1n) is 16.8. The maximum atomic E-state index is 12.5. The largest absolute Gasteiger partial charge is 0.444 e. The molecule has 0 radical (unpaired) electrons. The van der Waals surface area contributed by atoms with E-state index in [2.05, 4.69) is 58.3 Å². The van der Waals surface area contributed by atoms with Crippen molar-refractivity contribution in [1.82, 2.24) is 29.7 Å². The van der Waals surface area contributed by atoms with Gasteiger partial charge in [-0.25, -0.2) is 29.5 Å². The van der Waals surface area contributed by atoms with Crippen LogP contribution in [-0.2, 0) is 41.9 Å². The molecule has 7 heterocycles. The van der Waals surface area contributed by atoms with Crippen molar-refractivity contribution < 1.29 is 19.1 Å². The van der Waals surface area contributed by atoms with Gasteiger partial charge in [-0.3, -0.25) is 4.99 Å². The number of hydrogen-bond donors (Lipinski definition) is 1. The van der Waals surface area contributed by atoms with Crippen molar-refractivity contribution in [1.29, 1.82) is 0 Å². The van der Waals surface area contributed by atoms with Crippen molar-refractivity contribution >= 4 is 101 Å². The Balaban J connectivity index is 0.000000175. The molecule has 1 aromatic carbocycles. The van der Waals surface area contributed by atoms with Crippen molar-refractivity contribution in [3.8, 4) is 0 Å². The van der Waals surface area contributed by atoms with E-state index in [9.17, 15) is 9.59 Å². The molecule has 2 amide bonds. The summed E-state index contributed by atoms with van der Waals surface area (Å²) in [6.07, 6.45) is 5.90. The van der Waals surface area contributed by atoms with Gasteiger partial charge < -0.3 is 24.6 Å². The second-order valence-electron chi connectivity index (χ2n) is 14.7. The number of carbonyl (C=O) groups excluding carboxylic acids is 2. The number of carbonyl (C=O) groups is 2. The van der Waals surface area contributed by atoms with Crippen LogP contribution in [-0.4, -0.2) is 72.4 Å². The van der Waals surface area contributed by atoms with E-state index >= 15 is 0 Å². The van der Waals surface area contributed by atoms with Crippen LogP contribution in [0, 0.1) is 0 Å². The Morgan fingerprint density at radius 3 is 1.98 bits per heavy atom. The molecular formula is C36H38BrClN8O4S2. The van der Waals surface area contributed by atoms with Crippen LogP contribution in [0.25, 0.3) is 20.4 Å². The zero-order chi connectivity index (χ0) is 36.9. The molecule has 1 N–H and O–H groups in total. The van der Waals surface area contributed by atoms with Gasteiger partial charge in [-0.15, -0.1) is 22.7 Å². The molecule has 0 bridgehead atoms. The molecule has 0 spiro atoms. The fraction of sp³-hybridized carbons (Fsp3) is 0.417. The number of aliphatic imine (C=N–C) groups is 1. The Bertz CT molecular complexity index is 2240. The number of halogens is 2. The minimum absolute atomic E-state index is 0.274. The average molecular weight is 826 g/mol. The maximum Gasteiger partial charge on any atom is 0.410 e. The lowest BCUT2D eigenvalue weighted by Gasteiger charge is -2.30. The normalized spacial score (nSPS) is 15.2. The van der Waals surface area contributed by atoms with Gasteiger partial charge in [0.25, 0.3) is 0 Å². The molecule has 52 heavy (non-hydrogen) atoms. The highest BCUT2D eigenvalue weighted by molar-refractivity contribution is 9.10. The first kappa shape index (κ1) is 36.4. The van der Waals surface area contributed by atoms with E-state index in [4.69, 9.17) is 21.1 Å². The van der Waals surface area contributed by atoms with E-state index in [0.29, 0.717) is 31.3 Å². The molecule has 0 unspecified atom stereocenters. The van der Waals surface area contributed by atoms with Crippen LogP contribution in [0.5, 0.6) is 0 Å². The smallest absolute Gasteiger partial charge is 0.410 e. The molecule has 0 aliphatic carbocycles. The molecule has 16 heteroatoms. The lowest BCUT2D eigenvalue weighted by Crippen LogP contribution is -2.39. The predicted octanol–water partition coefficient (Wildman–Crippen LogP) is 9.06. The van der Waals surface area contributed by atoms with Gasteiger partial charge in [-0.2, -0.15) is 0 Å². The number of fused-ring (bicyclic) bond motifs is 7. The van der Waals surface area contributed by atoms with Crippen LogP contribution >= 0.6 is 50.2 Å². The summed E-state index contributed by atoms with van der Waals surface area (Å²) in [7, 11) is 0. The Labute approximate surface area is 322 Å². The summed E-state index contributed by atoms with van der Waals surface area (Å²) in [6.45, 7) is 14.3. The lowest BCUT2D eigenvalue weighted by atomic mass is 10.0. The molecule has 3 aliphatic heterocycles. The zero-order valence-electron chi connectivity index (χ0n) is 29.7. The molecule has 0 saturated carbocycles. The molecule has 8 rings (SSSR count). The number of rotatable bonds is 2. The van der Waals surface area contributed by atoms with Crippen molar-refractivity contribution in [3.63, 3.8) is 0 Å². The number of amides is 2. The van der Waals surface area contributed by atoms with Crippen molar-refractivity contribution in [3.05, 3.63) is 66.4 Å². The van der Waals surface area contributed by atoms with Gasteiger partial charge in [0.2, 0.25) is 0 Å². The summed E-state index contributed by atoms with van der Waals surface area (Å²) in [5.41, 5.74) is 4.66. The van der Waals surface area contributed by atoms with E-state index < -0.39 is 11.2 Å². The molecule has 0 fully saturated rings. The summed E-state index contributed by atoms with van der Waals surface area (Å²) < 4.78 is 12.0. The van der Waals surface area contributed by atoms with Gasteiger partial charge in [0.05, 0.1) is 36.1 Å². The SMILES string of the molecule is CC(C)(C)OC(=O)N1CCc2c(sc3ncnc(Cl)c23)C1.CC(C)(C)OC(=O)N1CCc2c(sc3ncnc(Nc4cc5c(cc4Br)CN=C5)c23)C1. The highest BCUT2D eigenvalue weighted by Crippen LogP contribution is 2.40. The third-order valence-corrected chi connectivity index (χ3v) is 11.7. The molecule has 4 aromatic heterocycles. The van der Waals surface area contributed by atoms with Gasteiger partial charge >= 0.3 is 12.2 Å². The molecule has 0 saturated heterocycles. The molecule has 272 valence electrons. The third-order valence-electron chi connectivity index (χ3n) is 8.50. The minimum atomic E-state index is -0.506. The zero-order valence-corrected chi connectivity index (χ0v) is 33.6. The number of aromatic nitrogens is 4. The quantitative estimate of drug-likeness (QED) is 0.173. The highest BCUT2D eigenvalue weighted by Gasteiger charge is 2.31. The Morgan fingerprint density at radius 1 is 0.827 bits per heavy atom. The van der Waals surface area contributed by atoms with Crippen LogP contribution in [0.2, 0.25) is 5.15 Å². The van der Waals surface area contributed by atoms with Crippen molar-refractivity contribution in [2.24, 2.45) is 4.99 Å². The summed E-state index contributed by atoms with van der Waals surface area (Å²) in [5.74, 6) is 0.781. The summed E-state index contributed by atoms with van der Waals surface area (Å²) in [6, 6.07) is 4.19. The maximum absolute atomic E-state index is 12.5. The van der Waals surface area contributed by atoms with E-state index in [0.717, 1.165) is 71.1 Å². The first-order valence-corrected chi connectivity index (χ1v) is 19.6. The van der Waals surface area contributed by atoms with Crippen LogP contribution < -0.4 is 5.32 Å². The van der Waals surface area contributed by atoms with Crippen LogP contribution in [0.3, 0.4) is 0 Å². The first-order chi connectivity index (χ1) is 24.6. The van der Waals surface area contributed by atoms with Crippen LogP contribution in [0.1, 0.15) is 73.6 Å². The van der Waals surface area contributed by atoms with Crippen molar-refractivity contribution in [2.45, 2.75) is 85.2 Å². The van der Waals surface area contributed by atoms with Gasteiger partial charge in [-0.05, 0) is 105 Å². The Morgan fingerprint density at radius 2 is 1.38 bits per heavy atom. The monoisotopic (exact) mass is 824 g/mol.